The minimum Gasteiger partial charge on any atom is -0.490 e. The Morgan fingerprint density at radius 3 is 2.26 bits per heavy atom. The highest BCUT2D eigenvalue weighted by molar-refractivity contribution is 5.36. The first-order valence-electron chi connectivity index (χ1n) is 14.1. The van der Waals surface area contributed by atoms with Crippen LogP contribution in [0.1, 0.15) is 82.6 Å². The lowest BCUT2D eigenvalue weighted by atomic mass is 9.75. The van der Waals surface area contributed by atoms with Gasteiger partial charge in [-0.3, -0.25) is 0 Å². The number of benzene rings is 1. The summed E-state index contributed by atoms with van der Waals surface area (Å²) in [5.41, 5.74) is 1.31. The predicted molar refractivity (Wildman–Crippen MR) is 141 cm³/mol. The summed E-state index contributed by atoms with van der Waals surface area (Å²) in [6, 6.07) is 5.06. The van der Waals surface area contributed by atoms with Crippen LogP contribution in [0.4, 0.5) is 13.2 Å². The molecule has 3 unspecified atom stereocenters. The first kappa shape index (κ1) is 28.9. The second kappa shape index (κ2) is 13.3. The highest BCUT2D eigenvalue weighted by Gasteiger charge is 2.36. The van der Waals surface area contributed by atoms with Crippen LogP contribution in [0.3, 0.4) is 0 Å². The summed E-state index contributed by atoms with van der Waals surface area (Å²) in [6.07, 6.45) is 7.46. The molecule has 4 rings (SSSR count). The lowest BCUT2D eigenvalue weighted by Crippen LogP contribution is -2.33. The van der Waals surface area contributed by atoms with Crippen molar-refractivity contribution in [3.63, 3.8) is 0 Å². The van der Waals surface area contributed by atoms with E-state index in [9.17, 15) is 23.4 Å². The Bertz CT molecular complexity index is 1000. The van der Waals surface area contributed by atoms with Crippen LogP contribution in [0.25, 0.3) is 0 Å². The van der Waals surface area contributed by atoms with E-state index in [4.69, 9.17) is 9.47 Å². The number of aliphatic hydroxyl groups excluding tert-OH is 2. The fraction of sp³-hybridized carbons (Fsp3) is 0.613. The van der Waals surface area contributed by atoms with Gasteiger partial charge in [-0.05, 0) is 112 Å². The molecule has 2 fully saturated rings. The molecule has 0 spiro atoms. The monoisotopic (exact) mass is 534 g/mol. The number of hydrogen-bond donors (Lipinski definition) is 2. The summed E-state index contributed by atoms with van der Waals surface area (Å²) < 4.78 is 55.5. The van der Waals surface area contributed by atoms with E-state index < -0.39 is 24.0 Å². The smallest absolute Gasteiger partial charge is 0.165 e. The van der Waals surface area contributed by atoms with E-state index in [1.807, 2.05) is 6.07 Å². The lowest BCUT2D eigenvalue weighted by Gasteiger charge is -2.35. The van der Waals surface area contributed by atoms with Gasteiger partial charge in [-0.15, -0.1) is 6.58 Å². The van der Waals surface area contributed by atoms with Gasteiger partial charge in [-0.25, -0.2) is 13.2 Å². The molecular formula is C31H41F3O4. The maximum Gasteiger partial charge on any atom is 0.165 e. The molecule has 0 heterocycles. The van der Waals surface area contributed by atoms with Crippen LogP contribution in [-0.4, -0.2) is 35.3 Å². The fourth-order valence-corrected chi connectivity index (χ4v) is 6.24. The average molecular weight is 535 g/mol. The minimum absolute atomic E-state index is 0.0467. The van der Waals surface area contributed by atoms with Crippen LogP contribution in [-0.2, 0) is 4.74 Å². The summed E-state index contributed by atoms with van der Waals surface area (Å²) >= 11 is 0. The number of hydrogen-bond acceptors (Lipinski definition) is 4. The van der Waals surface area contributed by atoms with Gasteiger partial charge in [0.2, 0.25) is 0 Å². The second-order valence-corrected chi connectivity index (χ2v) is 11.2. The van der Waals surface area contributed by atoms with E-state index in [0.29, 0.717) is 31.4 Å². The maximum atomic E-state index is 15.0. The zero-order valence-electron chi connectivity index (χ0n) is 22.3. The zero-order valence-corrected chi connectivity index (χ0v) is 22.3. The van der Waals surface area contributed by atoms with Crippen molar-refractivity contribution >= 4 is 0 Å². The number of aliphatic hydroxyl groups is 2. The molecule has 1 aromatic carbocycles. The van der Waals surface area contributed by atoms with Crippen LogP contribution in [0.2, 0.25) is 0 Å². The van der Waals surface area contributed by atoms with Gasteiger partial charge in [0, 0.05) is 5.92 Å². The molecule has 0 radical (unpaired) electrons. The SMILES string of the molecule is C=CCCOc1ccc(C2CCC(C(O)OC3CC=C(C4CCC(C(C)O)CC4)C(F)=C3F)CC2)cc1F. The molecule has 4 nitrogen and oxygen atoms in total. The fourth-order valence-electron chi connectivity index (χ4n) is 6.24. The summed E-state index contributed by atoms with van der Waals surface area (Å²) in [5, 5.41) is 20.5. The van der Waals surface area contributed by atoms with Crippen molar-refractivity contribution in [1.29, 1.82) is 0 Å². The van der Waals surface area contributed by atoms with Gasteiger partial charge < -0.3 is 19.7 Å². The second-order valence-electron chi connectivity index (χ2n) is 11.2. The molecule has 0 saturated heterocycles. The molecule has 0 aromatic heterocycles. The largest absolute Gasteiger partial charge is 0.490 e. The van der Waals surface area contributed by atoms with Gasteiger partial charge in [-0.2, -0.15) is 0 Å². The molecule has 0 amide bonds. The third-order valence-electron chi connectivity index (χ3n) is 8.68. The van der Waals surface area contributed by atoms with Crippen LogP contribution >= 0.6 is 0 Å². The third-order valence-corrected chi connectivity index (χ3v) is 8.68. The van der Waals surface area contributed by atoms with Gasteiger partial charge in [0.15, 0.2) is 29.5 Å². The van der Waals surface area contributed by atoms with Gasteiger partial charge in [-0.1, -0.05) is 18.2 Å². The lowest BCUT2D eigenvalue weighted by molar-refractivity contribution is -0.166. The van der Waals surface area contributed by atoms with Crippen molar-refractivity contribution in [1.82, 2.24) is 0 Å². The summed E-state index contributed by atoms with van der Waals surface area (Å²) in [6.45, 7) is 5.79. The summed E-state index contributed by atoms with van der Waals surface area (Å²) in [5.74, 6) is -1.80. The molecule has 38 heavy (non-hydrogen) atoms. The predicted octanol–water partition coefficient (Wildman–Crippen LogP) is 7.43. The summed E-state index contributed by atoms with van der Waals surface area (Å²) in [4.78, 5) is 0. The van der Waals surface area contributed by atoms with E-state index >= 15 is 0 Å². The first-order chi connectivity index (χ1) is 18.3. The number of ether oxygens (including phenoxy) is 2. The quantitative estimate of drug-likeness (QED) is 0.186. The van der Waals surface area contributed by atoms with E-state index in [1.165, 1.54) is 6.07 Å². The molecule has 1 aromatic rings. The van der Waals surface area contributed by atoms with Crippen LogP contribution in [0.5, 0.6) is 5.75 Å². The van der Waals surface area contributed by atoms with E-state index in [-0.39, 0.29) is 47.8 Å². The first-order valence-corrected chi connectivity index (χ1v) is 14.1. The van der Waals surface area contributed by atoms with Crippen LogP contribution in [0.15, 0.2) is 54.2 Å². The summed E-state index contributed by atoms with van der Waals surface area (Å²) in [7, 11) is 0. The highest BCUT2D eigenvalue weighted by atomic mass is 19.2. The Morgan fingerprint density at radius 1 is 0.974 bits per heavy atom. The topological polar surface area (TPSA) is 58.9 Å². The van der Waals surface area contributed by atoms with Gasteiger partial charge in [0.05, 0.1) is 12.7 Å². The van der Waals surface area contributed by atoms with Crippen molar-refractivity contribution in [2.45, 2.75) is 95.5 Å². The Hall–Kier alpha value is -2.09. The molecule has 2 N–H and O–H groups in total. The van der Waals surface area contributed by atoms with Crippen LogP contribution in [0, 0.1) is 23.6 Å². The Kier molecular flexibility index (Phi) is 10.1. The zero-order chi connectivity index (χ0) is 27.2. The van der Waals surface area contributed by atoms with E-state index in [0.717, 1.165) is 44.1 Å². The molecular weight excluding hydrogens is 493 g/mol. The molecule has 7 heteroatoms. The van der Waals surface area contributed by atoms with Gasteiger partial charge in [0.25, 0.3) is 0 Å². The number of allylic oxidation sites excluding steroid dienone is 2. The third kappa shape index (κ3) is 6.91. The highest BCUT2D eigenvalue weighted by Crippen LogP contribution is 2.43. The standard InChI is InChI=1S/C31H41F3O4/c1-3-4-17-37-27-15-13-24(18-26(27)32)21-7-11-23(12-8-21)31(36)38-28-16-14-25(29(33)30(28)34)22-9-5-20(6-10-22)19(2)35/h3,13-15,18-23,28,31,35-36H,1,4-12,16-17H2,2H3. The van der Waals surface area contributed by atoms with Crippen molar-refractivity contribution < 1.29 is 32.9 Å². The van der Waals surface area contributed by atoms with Crippen molar-refractivity contribution in [3.8, 4) is 5.75 Å². The van der Waals surface area contributed by atoms with Crippen LogP contribution < -0.4 is 4.74 Å². The number of rotatable bonds is 10. The average Bonchev–Trinajstić information content (AvgIpc) is 2.92. The molecule has 0 aliphatic heterocycles. The molecule has 3 aliphatic carbocycles. The van der Waals surface area contributed by atoms with Gasteiger partial charge in [0.1, 0.15) is 6.10 Å². The molecule has 3 atom stereocenters. The Balaban J connectivity index is 1.27. The molecule has 3 aliphatic rings. The van der Waals surface area contributed by atoms with E-state index in [1.54, 1.807) is 25.1 Å². The molecule has 2 saturated carbocycles. The van der Waals surface area contributed by atoms with Crippen molar-refractivity contribution in [2.75, 3.05) is 6.61 Å². The van der Waals surface area contributed by atoms with Crippen molar-refractivity contribution in [3.05, 3.63) is 65.5 Å². The number of halogens is 3. The normalized spacial score (nSPS) is 29.9. The minimum atomic E-state index is -1.19. The molecule has 0 bridgehead atoms. The molecule has 210 valence electrons. The van der Waals surface area contributed by atoms with E-state index in [2.05, 4.69) is 6.58 Å². The van der Waals surface area contributed by atoms with Gasteiger partial charge >= 0.3 is 0 Å². The van der Waals surface area contributed by atoms with Crippen molar-refractivity contribution in [2.24, 2.45) is 17.8 Å². The Morgan fingerprint density at radius 2 is 1.63 bits per heavy atom. The Labute approximate surface area is 224 Å². The maximum absolute atomic E-state index is 15.0.